The van der Waals surface area contributed by atoms with Gasteiger partial charge in [-0.15, -0.1) is 11.3 Å². The van der Waals surface area contributed by atoms with Crippen molar-refractivity contribution in [2.75, 3.05) is 33.3 Å². The number of carbonyl (C=O) groups is 2. The molecule has 3 aromatic rings. The predicted octanol–water partition coefficient (Wildman–Crippen LogP) is 4.28. The number of thiazole rings is 1. The van der Waals surface area contributed by atoms with E-state index < -0.39 is 18.5 Å². The Morgan fingerprint density at radius 1 is 1.06 bits per heavy atom. The Morgan fingerprint density at radius 2 is 1.77 bits per heavy atom. The number of methoxy groups -OCH3 is 3. The zero-order valence-corrected chi connectivity index (χ0v) is 18.5. The van der Waals surface area contributed by atoms with Crippen molar-refractivity contribution in [1.82, 2.24) is 4.98 Å². The van der Waals surface area contributed by atoms with Gasteiger partial charge in [-0.25, -0.2) is 9.78 Å². The number of nitrogens with zero attached hydrogens (tertiary/aromatic N) is 1. The first-order valence-electron chi connectivity index (χ1n) is 8.93. The van der Waals surface area contributed by atoms with E-state index in [4.69, 9.17) is 30.5 Å². The SMILES string of the molecule is COc1cc(NC(=O)COC(=O)c2csc(-c3cccc(Cl)c3)n2)cc(OC)c1OC. The Morgan fingerprint density at radius 3 is 2.39 bits per heavy atom. The van der Waals surface area contributed by atoms with Crippen molar-refractivity contribution in [3.63, 3.8) is 0 Å². The molecule has 3 rings (SSSR count). The summed E-state index contributed by atoms with van der Waals surface area (Å²) in [5.41, 5.74) is 1.30. The van der Waals surface area contributed by atoms with E-state index in [0.717, 1.165) is 5.56 Å². The molecule has 0 bridgehead atoms. The van der Waals surface area contributed by atoms with Gasteiger partial charge in [0.05, 0.1) is 21.3 Å². The van der Waals surface area contributed by atoms with Crippen LogP contribution in [-0.4, -0.2) is 44.8 Å². The smallest absolute Gasteiger partial charge is 0.358 e. The molecule has 1 aromatic heterocycles. The van der Waals surface area contributed by atoms with Gasteiger partial charge in [0.2, 0.25) is 5.75 Å². The molecule has 0 aliphatic carbocycles. The molecule has 10 heteroatoms. The van der Waals surface area contributed by atoms with Crippen molar-refractivity contribution in [3.05, 3.63) is 52.5 Å². The van der Waals surface area contributed by atoms with Gasteiger partial charge >= 0.3 is 5.97 Å². The highest BCUT2D eigenvalue weighted by molar-refractivity contribution is 7.13. The lowest BCUT2D eigenvalue weighted by Crippen LogP contribution is -2.21. The van der Waals surface area contributed by atoms with Crippen LogP contribution in [0.15, 0.2) is 41.8 Å². The van der Waals surface area contributed by atoms with Gasteiger partial charge in [-0.3, -0.25) is 4.79 Å². The molecule has 1 N–H and O–H groups in total. The maximum absolute atomic E-state index is 12.3. The molecule has 2 aromatic carbocycles. The Kier molecular flexibility index (Phi) is 7.32. The molecular weight excluding hydrogens is 444 g/mol. The summed E-state index contributed by atoms with van der Waals surface area (Å²) in [5, 5.41) is 5.38. The topological polar surface area (TPSA) is 96.0 Å². The number of amides is 1. The molecule has 0 saturated heterocycles. The average Bonchev–Trinajstić information content (AvgIpc) is 3.27. The van der Waals surface area contributed by atoms with Gasteiger partial charge in [-0.05, 0) is 12.1 Å². The second-order valence-corrected chi connectivity index (χ2v) is 7.38. The fraction of sp³-hybridized carbons (Fsp3) is 0.190. The summed E-state index contributed by atoms with van der Waals surface area (Å²) in [6, 6.07) is 10.3. The van der Waals surface area contributed by atoms with Crippen LogP contribution in [0.1, 0.15) is 10.5 Å². The quantitative estimate of drug-likeness (QED) is 0.499. The number of hydrogen-bond donors (Lipinski definition) is 1. The number of esters is 1. The maximum atomic E-state index is 12.3. The van der Waals surface area contributed by atoms with E-state index >= 15 is 0 Å². The molecule has 0 aliphatic heterocycles. The van der Waals surface area contributed by atoms with E-state index in [9.17, 15) is 9.59 Å². The number of aromatic nitrogens is 1. The monoisotopic (exact) mass is 462 g/mol. The van der Waals surface area contributed by atoms with Gasteiger partial charge < -0.3 is 24.3 Å². The van der Waals surface area contributed by atoms with E-state index in [-0.39, 0.29) is 5.69 Å². The van der Waals surface area contributed by atoms with Crippen molar-refractivity contribution in [3.8, 4) is 27.8 Å². The van der Waals surface area contributed by atoms with Crippen molar-refractivity contribution in [1.29, 1.82) is 0 Å². The van der Waals surface area contributed by atoms with E-state index in [2.05, 4.69) is 10.3 Å². The normalized spacial score (nSPS) is 10.3. The largest absolute Gasteiger partial charge is 0.493 e. The number of hydrogen-bond acceptors (Lipinski definition) is 8. The van der Waals surface area contributed by atoms with Gasteiger partial charge in [-0.1, -0.05) is 23.7 Å². The average molecular weight is 463 g/mol. The van der Waals surface area contributed by atoms with Crippen LogP contribution in [-0.2, 0) is 9.53 Å². The number of carbonyl (C=O) groups excluding carboxylic acids is 2. The second kappa shape index (κ2) is 10.1. The predicted molar refractivity (Wildman–Crippen MR) is 118 cm³/mol. The van der Waals surface area contributed by atoms with Crippen molar-refractivity contribution < 1.29 is 28.5 Å². The standard InChI is InChI=1S/C21H19ClN2O6S/c1-27-16-8-14(9-17(28-2)19(16)29-3)23-18(25)10-30-21(26)15-11-31-20(24-15)12-5-4-6-13(22)7-12/h4-9,11H,10H2,1-3H3,(H,23,25). The number of nitrogens with one attached hydrogen (secondary N) is 1. The van der Waals surface area contributed by atoms with Gasteiger partial charge in [0.15, 0.2) is 23.8 Å². The Labute approximate surface area is 187 Å². The van der Waals surface area contributed by atoms with E-state index in [0.29, 0.717) is 33.0 Å². The highest BCUT2D eigenvalue weighted by Gasteiger charge is 2.17. The fourth-order valence-corrected chi connectivity index (χ4v) is 3.65. The molecule has 0 unspecified atom stereocenters. The molecule has 31 heavy (non-hydrogen) atoms. The molecule has 162 valence electrons. The zero-order valence-electron chi connectivity index (χ0n) is 16.9. The van der Waals surface area contributed by atoms with Crippen LogP contribution in [0, 0.1) is 0 Å². The third-order valence-electron chi connectivity index (χ3n) is 4.07. The number of halogens is 1. The van der Waals surface area contributed by atoms with Gasteiger partial charge in [0.1, 0.15) is 5.01 Å². The molecule has 1 amide bonds. The van der Waals surface area contributed by atoms with E-state index in [1.54, 1.807) is 35.7 Å². The maximum Gasteiger partial charge on any atom is 0.358 e. The number of benzene rings is 2. The molecule has 0 fully saturated rings. The van der Waals surface area contributed by atoms with E-state index in [1.165, 1.54) is 32.7 Å². The molecule has 8 nitrogen and oxygen atoms in total. The Bertz CT molecular complexity index is 1080. The van der Waals surface area contributed by atoms with Crippen molar-refractivity contribution in [2.24, 2.45) is 0 Å². The van der Waals surface area contributed by atoms with Gasteiger partial charge in [0, 0.05) is 33.8 Å². The lowest BCUT2D eigenvalue weighted by molar-refractivity contribution is -0.119. The first kappa shape index (κ1) is 22.4. The Balaban J connectivity index is 1.62. The first-order chi connectivity index (χ1) is 14.9. The summed E-state index contributed by atoms with van der Waals surface area (Å²) in [4.78, 5) is 28.7. The number of ether oxygens (including phenoxy) is 4. The lowest BCUT2D eigenvalue weighted by Gasteiger charge is -2.14. The van der Waals surface area contributed by atoms with Crippen molar-refractivity contribution in [2.45, 2.75) is 0 Å². The van der Waals surface area contributed by atoms with Crippen LogP contribution < -0.4 is 19.5 Å². The third-order valence-corrected chi connectivity index (χ3v) is 5.19. The molecule has 0 saturated carbocycles. The van der Waals surface area contributed by atoms with Crippen LogP contribution in [0.4, 0.5) is 5.69 Å². The van der Waals surface area contributed by atoms with Crippen LogP contribution in [0.25, 0.3) is 10.6 Å². The minimum absolute atomic E-state index is 0.112. The van der Waals surface area contributed by atoms with Crippen LogP contribution >= 0.6 is 22.9 Å². The highest BCUT2D eigenvalue weighted by Crippen LogP contribution is 2.39. The minimum atomic E-state index is -0.704. The van der Waals surface area contributed by atoms with Crippen LogP contribution in [0.5, 0.6) is 17.2 Å². The second-order valence-electron chi connectivity index (χ2n) is 6.09. The fourth-order valence-electron chi connectivity index (χ4n) is 2.68. The molecule has 0 aliphatic rings. The summed E-state index contributed by atoms with van der Waals surface area (Å²) in [5.74, 6) is -0.0821. The van der Waals surface area contributed by atoms with Crippen molar-refractivity contribution >= 4 is 40.5 Å². The first-order valence-corrected chi connectivity index (χ1v) is 10.2. The number of anilines is 1. The third kappa shape index (κ3) is 5.44. The molecular formula is C21H19ClN2O6S. The molecule has 1 heterocycles. The molecule has 0 radical (unpaired) electrons. The lowest BCUT2D eigenvalue weighted by atomic mass is 10.2. The summed E-state index contributed by atoms with van der Waals surface area (Å²) >= 11 is 7.27. The summed E-state index contributed by atoms with van der Waals surface area (Å²) in [7, 11) is 4.42. The van der Waals surface area contributed by atoms with E-state index in [1.807, 2.05) is 6.07 Å². The van der Waals surface area contributed by atoms with Gasteiger partial charge in [0.25, 0.3) is 5.91 Å². The van der Waals surface area contributed by atoms with Crippen LogP contribution in [0.2, 0.25) is 5.02 Å². The zero-order chi connectivity index (χ0) is 22.4. The Hall–Kier alpha value is -3.30. The van der Waals surface area contributed by atoms with Crippen LogP contribution in [0.3, 0.4) is 0 Å². The molecule has 0 spiro atoms. The van der Waals surface area contributed by atoms with Gasteiger partial charge in [-0.2, -0.15) is 0 Å². The minimum Gasteiger partial charge on any atom is -0.493 e. The molecule has 0 atom stereocenters. The number of rotatable bonds is 8. The summed E-state index contributed by atoms with van der Waals surface area (Å²) in [6.07, 6.45) is 0. The summed E-state index contributed by atoms with van der Waals surface area (Å²) < 4.78 is 20.8. The summed E-state index contributed by atoms with van der Waals surface area (Å²) in [6.45, 7) is -0.487. The highest BCUT2D eigenvalue weighted by atomic mass is 35.5.